The van der Waals surface area contributed by atoms with Gasteiger partial charge in [-0.15, -0.1) is 0 Å². The van der Waals surface area contributed by atoms with E-state index in [2.05, 4.69) is 5.32 Å². The van der Waals surface area contributed by atoms with Gasteiger partial charge in [-0.2, -0.15) is 0 Å². The van der Waals surface area contributed by atoms with Gasteiger partial charge in [-0.1, -0.05) is 13.8 Å². The first kappa shape index (κ1) is 16.9. The molecule has 0 spiro atoms. The van der Waals surface area contributed by atoms with Gasteiger partial charge in [0.05, 0.1) is 6.61 Å². The Morgan fingerprint density at radius 3 is 2.50 bits per heavy atom. The number of methoxy groups -OCH3 is 1. The van der Waals surface area contributed by atoms with Gasteiger partial charge in [-0.25, -0.2) is 0 Å². The van der Waals surface area contributed by atoms with Crippen molar-refractivity contribution in [2.75, 3.05) is 33.5 Å². The first-order chi connectivity index (χ1) is 9.65. The summed E-state index contributed by atoms with van der Waals surface area (Å²) in [6.45, 7) is 6.01. The molecule has 2 amide bonds. The van der Waals surface area contributed by atoms with E-state index in [4.69, 9.17) is 9.47 Å². The normalized spacial score (nSPS) is 23.1. The van der Waals surface area contributed by atoms with Gasteiger partial charge in [0.1, 0.15) is 12.1 Å². The Kier molecular flexibility index (Phi) is 7.54. The third-order valence-electron chi connectivity index (χ3n) is 3.49. The molecule has 0 aromatic carbocycles. The van der Waals surface area contributed by atoms with E-state index >= 15 is 0 Å². The van der Waals surface area contributed by atoms with Gasteiger partial charge < -0.3 is 19.7 Å². The minimum atomic E-state index is -0.390. The van der Waals surface area contributed by atoms with Gasteiger partial charge in [0.2, 0.25) is 11.8 Å². The van der Waals surface area contributed by atoms with Crippen molar-refractivity contribution in [3.8, 4) is 0 Å². The standard InChI is InChI=1S/C14H26N2O4/c1-4-11-14(18)16(12(5-2)13(17)15-11)7-10-20-9-6-8-19-3/h11-12H,4-10H2,1-3H3,(H,15,17). The van der Waals surface area contributed by atoms with E-state index in [1.54, 1.807) is 12.0 Å². The molecule has 1 aliphatic rings. The fourth-order valence-electron chi connectivity index (χ4n) is 2.34. The number of ether oxygens (including phenoxy) is 2. The van der Waals surface area contributed by atoms with Crippen LogP contribution in [0.1, 0.15) is 33.1 Å². The number of amides is 2. The third-order valence-corrected chi connectivity index (χ3v) is 3.49. The predicted molar refractivity (Wildman–Crippen MR) is 75.3 cm³/mol. The van der Waals surface area contributed by atoms with Crippen molar-refractivity contribution in [2.45, 2.75) is 45.2 Å². The van der Waals surface area contributed by atoms with Crippen molar-refractivity contribution in [3.63, 3.8) is 0 Å². The summed E-state index contributed by atoms with van der Waals surface area (Å²) in [7, 11) is 1.65. The molecule has 0 radical (unpaired) electrons. The van der Waals surface area contributed by atoms with Gasteiger partial charge in [-0.3, -0.25) is 9.59 Å². The number of nitrogens with zero attached hydrogens (tertiary/aromatic N) is 1. The van der Waals surface area contributed by atoms with Gasteiger partial charge in [-0.05, 0) is 19.3 Å². The van der Waals surface area contributed by atoms with Crippen molar-refractivity contribution >= 4 is 11.8 Å². The highest BCUT2D eigenvalue weighted by Gasteiger charge is 2.38. The number of hydrogen-bond donors (Lipinski definition) is 1. The maximum atomic E-state index is 12.3. The van der Waals surface area contributed by atoms with Crippen molar-refractivity contribution < 1.29 is 19.1 Å². The maximum Gasteiger partial charge on any atom is 0.245 e. The Hall–Kier alpha value is -1.14. The molecule has 1 saturated heterocycles. The van der Waals surface area contributed by atoms with E-state index in [0.717, 1.165) is 6.42 Å². The van der Waals surface area contributed by atoms with E-state index in [9.17, 15) is 9.59 Å². The van der Waals surface area contributed by atoms with Gasteiger partial charge in [0, 0.05) is 26.9 Å². The van der Waals surface area contributed by atoms with Crippen molar-refractivity contribution in [2.24, 2.45) is 0 Å². The fourth-order valence-corrected chi connectivity index (χ4v) is 2.34. The molecular weight excluding hydrogens is 260 g/mol. The average Bonchev–Trinajstić information content (AvgIpc) is 2.45. The van der Waals surface area contributed by atoms with Gasteiger partial charge in [0.15, 0.2) is 0 Å². The van der Waals surface area contributed by atoms with E-state index in [1.165, 1.54) is 0 Å². The first-order valence-corrected chi connectivity index (χ1v) is 7.33. The molecule has 2 unspecified atom stereocenters. The number of piperazine rings is 1. The van der Waals surface area contributed by atoms with Gasteiger partial charge in [0.25, 0.3) is 0 Å². The van der Waals surface area contributed by atoms with Crippen LogP contribution in [0.3, 0.4) is 0 Å². The molecule has 0 aromatic rings. The highest BCUT2D eigenvalue weighted by atomic mass is 16.5. The smallest absolute Gasteiger partial charge is 0.245 e. The van der Waals surface area contributed by atoms with Crippen molar-refractivity contribution in [1.29, 1.82) is 0 Å². The largest absolute Gasteiger partial charge is 0.385 e. The van der Waals surface area contributed by atoms with E-state index in [0.29, 0.717) is 39.2 Å². The van der Waals surface area contributed by atoms with Crippen LogP contribution in [0.25, 0.3) is 0 Å². The number of carbonyl (C=O) groups excluding carboxylic acids is 2. The minimum absolute atomic E-state index is 0.000517. The van der Waals surface area contributed by atoms with Crippen LogP contribution in [-0.4, -0.2) is 62.3 Å². The van der Waals surface area contributed by atoms with E-state index in [1.807, 2.05) is 13.8 Å². The van der Waals surface area contributed by atoms with Crippen LogP contribution in [0.2, 0.25) is 0 Å². The number of hydrogen-bond acceptors (Lipinski definition) is 4. The monoisotopic (exact) mass is 286 g/mol. The highest BCUT2D eigenvalue weighted by Crippen LogP contribution is 2.14. The van der Waals surface area contributed by atoms with Crippen LogP contribution in [0.15, 0.2) is 0 Å². The molecule has 0 aliphatic carbocycles. The average molecular weight is 286 g/mol. The first-order valence-electron chi connectivity index (χ1n) is 7.33. The lowest BCUT2D eigenvalue weighted by molar-refractivity contribution is -0.150. The Morgan fingerprint density at radius 1 is 1.15 bits per heavy atom. The topological polar surface area (TPSA) is 67.9 Å². The zero-order valence-corrected chi connectivity index (χ0v) is 12.7. The summed E-state index contributed by atoms with van der Waals surface area (Å²) in [6.07, 6.45) is 2.07. The lowest BCUT2D eigenvalue weighted by atomic mass is 10.0. The zero-order chi connectivity index (χ0) is 15.0. The third kappa shape index (κ3) is 4.45. The molecule has 1 heterocycles. The number of rotatable bonds is 9. The molecule has 20 heavy (non-hydrogen) atoms. The molecule has 0 bridgehead atoms. The summed E-state index contributed by atoms with van der Waals surface area (Å²) in [4.78, 5) is 25.9. The van der Waals surface area contributed by atoms with Crippen LogP contribution >= 0.6 is 0 Å². The zero-order valence-electron chi connectivity index (χ0n) is 12.7. The number of nitrogens with one attached hydrogen (secondary N) is 1. The summed E-state index contributed by atoms with van der Waals surface area (Å²) in [5, 5.41) is 2.78. The molecule has 2 atom stereocenters. The SMILES string of the molecule is CCC1NC(=O)C(CC)N(CCOCCCOC)C1=O. The Bertz CT molecular complexity index is 322. The summed E-state index contributed by atoms with van der Waals surface area (Å²) < 4.78 is 10.4. The number of carbonyl (C=O) groups is 2. The van der Waals surface area contributed by atoms with E-state index in [-0.39, 0.29) is 17.9 Å². The quantitative estimate of drug-likeness (QED) is 0.629. The summed E-state index contributed by atoms with van der Waals surface area (Å²) in [6, 6.07) is -0.758. The van der Waals surface area contributed by atoms with Crippen LogP contribution in [0.5, 0.6) is 0 Å². The minimum Gasteiger partial charge on any atom is -0.385 e. The highest BCUT2D eigenvalue weighted by molar-refractivity contribution is 5.96. The predicted octanol–water partition coefficient (Wildman–Crippen LogP) is 0.555. The Balaban J connectivity index is 2.45. The van der Waals surface area contributed by atoms with Crippen LogP contribution in [0, 0.1) is 0 Å². The molecule has 1 rings (SSSR count). The molecule has 0 aromatic heterocycles. The molecular formula is C14H26N2O4. The summed E-state index contributed by atoms with van der Waals surface area (Å²) in [5.74, 6) is -0.0576. The van der Waals surface area contributed by atoms with E-state index < -0.39 is 6.04 Å². The second-order valence-corrected chi connectivity index (χ2v) is 4.88. The Labute approximate surface area is 120 Å². The lowest BCUT2D eigenvalue weighted by Crippen LogP contribution is -2.63. The summed E-state index contributed by atoms with van der Waals surface area (Å²) in [5.41, 5.74) is 0. The maximum absolute atomic E-state index is 12.3. The van der Waals surface area contributed by atoms with Crippen LogP contribution < -0.4 is 5.32 Å². The van der Waals surface area contributed by atoms with Crippen LogP contribution in [-0.2, 0) is 19.1 Å². The second kappa shape index (κ2) is 8.92. The molecule has 1 fully saturated rings. The van der Waals surface area contributed by atoms with Crippen LogP contribution in [0.4, 0.5) is 0 Å². The lowest BCUT2D eigenvalue weighted by Gasteiger charge is -2.38. The van der Waals surface area contributed by atoms with Crippen molar-refractivity contribution in [3.05, 3.63) is 0 Å². The molecule has 1 aliphatic heterocycles. The molecule has 1 N–H and O–H groups in total. The van der Waals surface area contributed by atoms with Crippen molar-refractivity contribution in [1.82, 2.24) is 10.2 Å². The summed E-state index contributed by atoms with van der Waals surface area (Å²) >= 11 is 0. The van der Waals surface area contributed by atoms with Gasteiger partial charge >= 0.3 is 0 Å². The molecule has 6 nitrogen and oxygen atoms in total. The Morgan fingerprint density at radius 2 is 1.90 bits per heavy atom. The molecule has 116 valence electrons. The fraction of sp³-hybridized carbons (Fsp3) is 0.857. The second-order valence-electron chi connectivity index (χ2n) is 4.88. The molecule has 6 heteroatoms. The molecule has 0 saturated carbocycles.